The van der Waals surface area contributed by atoms with E-state index in [-0.39, 0.29) is 5.91 Å². The molecule has 90 valence electrons. The van der Waals surface area contributed by atoms with Gasteiger partial charge < -0.3 is 11.1 Å². The number of aromatic nitrogens is 2. The number of amides is 1. The van der Waals surface area contributed by atoms with Crippen LogP contribution in [-0.4, -0.2) is 22.6 Å². The summed E-state index contributed by atoms with van der Waals surface area (Å²) in [7, 11) is 0. The highest BCUT2D eigenvalue weighted by Gasteiger charge is 2.10. The van der Waals surface area contributed by atoms with Gasteiger partial charge in [0.15, 0.2) is 0 Å². The molecule has 1 aromatic heterocycles. The summed E-state index contributed by atoms with van der Waals surface area (Å²) in [6, 6.07) is 0. The van der Waals surface area contributed by atoms with Crippen LogP contribution in [0.15, 0.2) is 6.20 Å². The van der Waals surface area contributed by atoms with Crippen molar-refractivity contribution in [3.63, 3.8) is 0 Å². The lowest BCUT2D eigenvalue weighted by molar-refractivity contribution is 0.0949. The van der Waals surface area contributed by atoms with Crippen molar-refractivity contribution in [3.8, 4) is 0 Å². The molecule has 0 saturated carbocycles. The van der Waals surface area contributed by atoms with Crippen molar-refractivity contribution in [3.05, 3.63) is 11.9 Å². The number of aromatic amines is 1. The van der Waals surface area contributed by atoms with Gasteiger partial charge in [-0.05, 0) is 12.3 Å². The van der Waals surface area contributed by atoms with E-state index in [1.165, 1.54) is 12.6 Å². The van der Waals surface area contributed by atoms with Crippen molar-refractivity contribution in [2.45, 2.75) is 33.1 Å². The van der Waals surface area contributed by atoms with Crippen LogP contribution < -0.4 is 11.1 Å². The molecule has 0 spiro atoms. The lowest BCUT2D eigenvalue weighted by Gasteiger charge is -2.05. The maximum absolute atomic E-state index is 11.6. The van der Waals surface area contributed by atoms with Gasteiger partial charge in [-0.25, -0.2) is 0 Å². The van der Waals surface area contributed by atoms with Gasteiger partial charge in [0.1, 0.15) is 5.69 Å². The molecule has 1 amide bonds. The Balaban J connectivity index is 2.19. The first-order valence-electron chi connectivity index (χ1n) is 5.68. The number of anilines is 1. The van der Waals surface area contributed by atoms with E-state index in [0.717, 1.165) is 18.8 Å². The number of nitrogens with one attached hydrogen (secondary N) is 2. The predicted molar refractivity (Wildman–Crippen MR) is 64.0 cm³/mol. The number of hydrogen-bond acceptors (Lipinski definition) is 3. The summed E-state index contributed by atoms with van der Waals surface area (Å²) in [5, 5.41) is 9.09. The van der Waals surface area contributed by atoms with Gasteiger partial charge in [-0.2, -0.15) is 5.10 Å². The van der Waals surface area contributed by atoms with Crippen molar-refractivity contribution in [1.29, 1.82) is 0 Å². The average molecular weight is 224 g/mol. The Morgan fingerprint density at radius 3 is 2.88 bits per heavy atom. The Bertz CT molecular complexity index is 332. The SMILES string of the molecule is CC(C)CCCCNC(=O)c1[nH]ncc1N. The van der Waals surface area contributed by atoms with Gasteiger partial charge in [0.2, 0.25) is 0 Å². The average Bonchev–Trinajstić information content (AvgIpc) is 2.63. The molecule has 0 unspecified atom stereocenters. The quantitative estimate of drug-likeness (QED) is 0.641. The topological polar surface area (TPSA) is 83.8 Å². The van der Waals surface area contributed by atoms with Gasteiger partial charge in [-0.15, -0.1) is 0 Å². The molecule has 0 aliphatic heterocycles. The van der Waals surface area contributed by atoms with Crippen LogP contribution >= 0.6 is 0 Å². The maximum Gasteiger partial charge on any atom is 0.271 e. The minimum absolute atomic E-state index is 0.181. The number of carbonyl (C=O) groups is 1. The largest absolute Gasteiger partial charge is 0.396 e. The Hall–Kier alpha value is -1.52. The predicted octanol–water partition coefficient (Wildman–Crippen LogP) is 1.55. The molecule has 0 bridgehead atoms. The van der Waals surface area contributed by atoms with Gasteiger partial charge in [-0.3, -0.25) is 9.89 Å². The van der Waals surface area contributed by atoms with E-state index in [1.54, 1.807) is 0 Å². The highest BCUT2D eigenvalue weighted by molar-refractivity contribution is 5.96. The molecule has 16 heavy (non-hydrogen) atoms. The molecule has 0 aromatic carbocycles. The molecule has 1 aromatic rings. The van der Waals surface area contributed by atoms with E-state index in [2.05, 4.69) is 29.4 Å². The number of hydrogen-bond donors (Lipinski definition) is 3. The number of rotatable bonds is 6. The molecule has 0 saturated heterocycles. The first-order valence-corrected chi connectivity index (χ1v) is 5.68. The van der Waals surface area contributed by atoms with Crippen LogP contribution in [0, 0.1) is 5.92 Å². The van der Waals surface area contributed by atoms with Crippen molar-refractivity contribution in [2.75, 3.05) is 12.3 Å². The van der Waals surface area contributed by atoms with E-state index in [9.17, 15) is 4.79 Å². The Labute approximate surface area is 95.8 Å². The molecule has 0 aliphatic rings. The summed E-state index contributed by atoms with van der Waals surface area (Å²) < 4.78 is 0. The molecule has 0 fully saturated rings. The molecule has 1 heterocycles. The number of nitrogens with two attached hydrogens (primary N) is 1. The number of nitrogen functional groups attached to an aromatic ring is 1. The molecule has 5 heteroatoms. The van der Waals surface area contributed by atoms with Gasteiger partial charge >= 0.3 is 0 Å². The molecule has 0 aliphatic carbocycles. The maximum atomic E-state index is 11.6. The van der Waals surface area contributed by atoms with Crippen LogP contribution in [0.2, 0.25) is 0 Å². The van der Waals surface area contributed by atoms with E-state index in [0.29, 0.717) is 17.9 Å². The fourth-order valence-corrected chi connectivity index (χ4v) is 1.45. The normalized spacial score (nSPS) is 10.7. The molecule has 0 atom stereocenters. The first kappa shape index (κ1) is 12.5. The second-order valence-electron chi connectivity index (χ2n) is 4.35. The Morgan fingerprint density at radius 1 is 1.56 bits per heavy atom. The summed E-state index contributed by atoms with van der Waals surface area (Å²) in [4.78, 5) is 11.6. The van der Waals surface area contributed by atoms with E-state index in [4.69, 9.17) is 5.73 Å². The third kappa shape index (κ3) is 3.92. The van der Waals surface area contributed by atoms with Crippen molar-refractivity contribution in [1.82, 2.24) is 15.5 Å². The van der Waals surface area contributed by atoms with Crippen molar-refractivity contribution in [2.24, 2.45) is 5.92 Å². The zero-order valence-electron chi connectivity index (χ0n) is 9.92. The smallest absolute Gasteiger partial charge is 0.271 e. The first-order chi connectivity index (χ1) is 7.61. The summed E-state index contributed by atoms with van der Waals surface area (Å²) >= 11 is 0. The summed E-state index contributed by atoms with van der Waals surface area (Å²) in [5.74, 6) is 0.540. The molecule has 1 rings (SSSR count). The minimum atomic E-state index is -0.181. The number of carbonyl (C=O) groups excluding carboxylic acids is 1. The van der Waals surface area contributed by atoms with Crippen LogP contribution in [0.5, 0.6) is 0 Å². The van der Waals surface area contributed by atoms with Crippen LogP contribution in [-0.2, 0) is 0 Å². The highest BCUT2D eigenvalue weighted by atomic mass is 16.1. The Morgan fingerprint density at radius 2 is 2.31 bits per heavy atom. The highest BCUT2D eigenvalue weighted by Crippen LogP contribution is 2.07. The third-order valence-electron chi connectivity index (χ3n) is 2.39. The fourth-order valence-electron chi connectivity index (χ4n) is 1.45. The monoisotopic (exact) mass is 224 g/mol. The van der Waals surface area contributed by atoms with Gasteiger partial charge in [-0.1, -0.05) is 26.7 Å². The van der Waals surface area contributed by atoms with Gasteiger partial charge in [0.05, 0.1) is 11.9 Å². The van der Waals surface area contributed by atoms with E-state index < -0.39 is 0 Å². The molecule has 0 radical (unpaired) electrons. The summed E-state index contributed by atoms with van der Waals surface area (Å²) in [5.41, 5.74) is 6.30. The summed E-state index contributed by atoms with van der Waals surface area (Å²) in [6.07, 6.45) is 4.77. The Kier molecular flexibility index (Phi) is 4.82. The van der Waals surface area contributed by atoms with Crippen LogP contribution in [0.1, 0.15) is 43.6 Å². The van der Waals surface area contributed by atoms with E-state index in [1.807, 2.05) is 0 Å². The number of unbranched alkanes of at least 4 members (excludes halogenated alkanes) is 1. The molecular weight excluding hydrogens is 204 g/mol. The molecular formula is C11H20N4O. The number of H-pyrrole nitrogens is 1. The van der Waals surface area contributed by atoms with Crippen molar-refractivity contribution < 1.29 is 4.79 Å². The van der Waals surface area contributed by atoms with Crippen LogP contribution in [0.3, 0.4) is 0 Å². The lowest BCUT2D eigenvalue weighted by Crippen LogP contribution is -2.25. The van der Waals surface area contributed by atoms with Crippen LogP contribution in [0.25, 0.3) is 0 Å². The molecule has 4 N–H and O–H groups in total. The zero-order chi connectivity index (χ0) is 12.0. The van der Waals surface area contributed by atoms with E-state index >= 15 is 0 Å². The minimum Gasteiger partial charge on any atom is -0.396 e. The van der Waals surface area contributed by atoms with Crippen LogP contribution in [0.4, 0.5) is 5.69 Å². The standard InChI is InChI=1S/C11H20N4O/c1-8(2)5-3-4-6-13-11(16)10-9(12)7-14-15-10/h7-8H,3-6,12H2,1-2H3,(H,13,16)(H,14,15). The zero-order valence-corrected chi connectivity index (χ0v) is 9.92. The van der Waals surface area contributed by atoms with Crippen molar-refractivity contribution >= 4 is 11.6 Å². The van der Waals surface area contributed by atoms with Gasteiger partial charge in [0.25, 0.3) is 5.91 Å². The second kappa shape index (κ2) is 6.15. The second-order valence-corrected chi connectivity index (χ2v) is 4.35. The molecule has 5 nitrogen and oxygen atoms in total. The fraction of sp³-hybridized carbons (Fsp3) is 0.636. The lowest BCUT2D eigenvalue weighted by atomic mass is 10.1. The van der Waals surface area contributed by atoms with Gasteiger partial charge in [0, 0.05) is 6.54 Å². The summed E-state index contributed by atoms with van der Waals surface area (Å²) in [6.45, 7) is 5.08. The number of nitrogens with zero attached hydrogens (tertiary/aromatic N) is 1. The third-order valence-corrected chi connectivity index (χ3v) is 2.39.